The Morgan fingerprint density at radius 3 is 0.653 bits per heavy atom. The molecule has 0 aliphatic rings. The van der Waals surface area contributed by atoms with Crippen molar-refractivity contribution < 1.29 is 136 Å². The summed E-state index contributed by atoms with van der Waals surface area (Å²) in [5, 5.41) is 0. The maximum atomic E-state index is 13.8. The normalized spacial score (nSPS) is 17.1. The zero-order chi connectivity index (χ0) is 40.9. The lowest BCUT2D eigenvalue weighted by Crippen LogP contribution is -2.79. The van der Waals surface area contributed by atoms with Crippen molar-refractivity contribution in [3.05, 3.63) is 0 Å². The van der Waals surface area contributed by atoms with E-state index in [0.717, 1.165) is 0 Å². The Morgan fingerprint density at radius 2 is 0.490 bits per heavy atom. The van der Waals surface area contributed by atoms with E-state index in [9.17, 15) is 136 Å². The molecule has 0 saturated carbocycles. The number of hydrogen-bond acceptors (Lipinski definition) is 2. The van der Waals surface area contributed by atoms with Gasteiger partial charge in [0.25, 0.3) is 0 Å². The number of sulfonamides is 1. The quantitative estimate of drug-likeness (QED) is 0.169. The second-order valence-corrected chi connectivity index (χ2v) is 11.0. The molecule has 0 aromatic heterocycles. The summed E-state index contributed by atoms with van der Waals surface area (Å²) in [6, 6.07) is 0. The van der Waals surface area contributed by atoms with Crippen LogP contribution in [0.5, 0.6) is 0 Å². The highest BCUT2D eigenvalue weighted by Gasteiger charge is 3.00. The van der Waals surface area contributed by atoms with Crippen molar-refractivity contribution >= 4 is 10.0 Å². The van der Waals surface area contributed by atoms with Gasteiger partial charge < -0.3 is 0 Å². The van der Waals surface area contributed by atoms with Gasteiger partial charge in [-0.2, -0.15) is 127 Å². The fraction of sp³-hybridized carbons (Fsp3) is 1.00. The molecule has 0 heterocycles. The average Bonchev–Trinajstić information content (AvgIpc) is 2.85. The van der Waals surface area contributed by atoms with Gasteiger partial charge in [0.05, 0.1) is 0 Å². The van der Waals surface area contributed by atoms with E-state index >= 15 is 0 Å². The lowest BCUT2D eigenvalue weighted by molar-refractivity contribution is -0.487. The van der Waals surface area contributed by atoms with Crippen LogP contribution in [0.25, 0.3) is 0 Å². The first kappa shape index (κ1) is 46.9. The third kappa shape index (κ3) is 5.76. The summed E-state index contributed by atoms with van der Waals surface area (Å²) in [5.74, 6) is -126. The summed E-state index contributed by atoms with van der Waals surface area (Å²) in [6.07, 6.45) is -8.32. The molecule has 0 unspecified atom stereocenters. The van der Waals surface area contributed by atoms with Gasteiger partial charge in [-0.25, -0.2) is 13.1 Å². The van der Waals surface area contributed by atoms with Crippen LogP contribution in [0.2, 0.25) is 0 Å². The molecular formula is C16H6F29NO2S. The number of halogens is 29. The zero-order valence-corrected chi connectivity index (χ0v) is 22.2. The molecule has 1 N–H and O–H groups in total. The molecule has 0 aromatic rings. The molecule has 3 nitrogen and oxygen atoms in total. The molecule has 0 aliphatic heterocycles. The highest BCUT2D eigenvalue weighted by molar-refractivity contribution is 7.89. The van der Waals surface area contributed by atoms with Crippen LogP contribution in [-0.2, 0) is 10.0 Å². The van der Waals surface area contributed by atoms with Crippen LogP contribution in [-0.4, -0.2) is 104 Å². The third-order valence-corrected chi connectivity index (χ3v) is 7.20. The molecule has 0 aromatic carbocycles. The zero-order valence-electron chi connectivity index (χ0n) is 21.4. The highest BCUT2D eigenvalue weighted by atomic mass is 32.2. The highest BCUT2D eigenvalue weighted by Crippen LogP contribution is 2.69. The van der Waals surface area contributed by atoms with Crippen molar-refractivity contribution in [3.63, 3.8) is 0 Å². The predicted molar refractivity (Wildman–Crippen MR) is 93.2 cm³/mol. The first-order valence-corrected chi connectivity index (χ1v) is 12.1. The number of alkyl halides is 29. The summed E-state index contributed by atoms with van der Waals surface area (Å²) in [4.78, 5) is 0. The summed E-state index contributed by atoms with van der Waals surface area (Å²) in [7, 11) is -6.18. The third-order valence-electron chi connectivity index (χ3n) is 5.84. The van der Waals surface area contributed by atoms with E-state index in [2.05, 4.69) is 0 Å². The minimum Gasteiger partial charge on any atom is -0.218 e. The van der Waals surface area contributed by atoms with Crippen LogP contribution in [0, 0.1) is 0 Å². The maximum absolute atomic E-state index is 13.8. The second kappa shape index (κ2) is 11.4. The second-order valence-electron chi connectivity index (χ2n) is 9.06. The fourth-order valence-corrected chi connectivity index (χ4v) is 3.58. The number of nitrogens with one attached hydrogen (secondary N) is 1. The molecule has 49 heavy (non-hydrogen) atoms. The monoisotopic (exact) mass is 827 g/mol. The van der Waals surface area contributed by atoms with Gasteiger partial charge in [-0.05, 0) is 7.05 Å². The molecule has 0 radical (unpaired) electrons. The van der Waals surface area contributed by atoms with E-state index in [4.69, 9.17) is 0 Å². The minimum atomic E-state index is -10.00. The van der Waals surface area contributed by atoms with Crippen molar-refractivity contribution in [1.82, 2.24) is 4.72 Å². The van der Waals surface area contributed by atoms with Gasteiger partial charge in [0.1, 0.15) is 5.75 Å². The van der Waals surface area contributed by atoms with Crippen LogP contribution in [0.3, 0.4) is 0 Å². The number of hydrogen-bond donors (Lipinski definition) is 1. The van der Waals surface area contributed by atoms with Gasteiger partial charge >= 0.3 is 83.2 Å². The van der Waals surface area contributed by atoms with Crippen molar-refractivity contribution in [1.29, 1.82) is 0 Å². The SMILES string of the molecule is CNS(=O)(=O)CC(F)(F)C(F)(F)C(F)(F)C(F)(F)C(F)(F)C(F)(F)C(F)(F)C(F)(F)C(F)(F)C(F)(F)C(F)(F)C(F)(F)C(F)(F)C(F)(F)F. The molecule has 0 spiro atoms. The summed E-state index contributed by atoms with van der Waals surface area (Å²) in [5.41, 5.74) is 0. The van der Waals surface area contributed by atoms with Gasteiger partial charge in [-0.15, -0.1) is 0 Å². The maximum Gasteiger partial charge on any atom is 0.460 e. The van der Waals surface area contributed by atoms with Gasteiger partial charge in [0.15, 0.2) is 0 Å². The van der Waals surface area contributed by atoms with Crippen molar-refractivity contribution in [2.45, 2.75) is 83.2 Å². The van der Waals surface area contributed by atoms with E-state index in [1.165, 1.54) is 0 Å². The summed E-state index contributed by atoms with van der Waals surface area (Å²) < 4.78 is 411. The molecule has 0 aliphatic carbocycles. The van der Waals surface area contributed by atoms with E-state index in [1.54, 1.807) is 0 Å². The Morgan fingerprint density at radius 1 is 0.327 bits per heavy atom. The minimum absolute atomic E-state index is 0.0502. The van der Waals surface area contributed by atoms with Gasteiger partial charge in [-0.3, -0.25) is 0 Å². The van der Waals surface area contributed by atoms with E-state index < -0.39 is 98.9 Å². The first-order chi connectivity index (χ1) is 20.5. The first-order valence-electron chi connectivity index (χ1n) is 10.4. The molecule has 296 valence electrons. The smallest absolute Gasteiger partial charge is 0.218 e. The van der Waals surface area contributed by atoms with E-state index in [1.807, 2.05) is 0 Å². The Labute approximate surface area is 247 Å². The van der Waals surface area contributed by atoms with Crippen LogP contribution in [0.4, 0.5) is 127 Å². The summed E-state index contributed by atoms with van der Waals surface area (Å²) in [6.45, 7) is 0. The Kier molecular flexibility index (Phi) is 10.9. The molecule has 0 fully saturated rings. The Bertz CT molecular complexity index is 1330. The van der Waals surface area contributed by atoms with Crippen LogP contribution >= 0.6 is 0 Å². The van der Waals surface area contributed by atoms with Crippen molar-refractivity contribution in [2.75, 3.05) is 12.8 Å². The summed E-state index contributed by atoms with van der Waals surface area (Å²) >= 11 is 0. The average molecular weight is 827 g/mol. The molecule has 33 heteroatoms. The molecule has 0 amide bonds. The Hall–Kier alpha value is -2.12. The molecule has 0 saturated heterocycles. The standard InChI is InChI=1S/C16H6F29NO2S/c1-46-49(47,48)2-3(17,18)4(19,20)5(21,22)6(23,24)7(25,26)8(27,28)9(29,30)10(31,32)11(33,34)12(35,36)13(37,38)14(39,40)15(41,42)16(43,44)45/h46H,2H2,1H3. The van der Waals surface area contributed by atoms with E-state index in [-0.39, 0.29) is 7.05 Å². The molecular weight excluding hydrogens is 821 g/mol. The van der Waals surface area contributed by atoms with Crippen molar-refractivity contribution in [3.8, 4) is 0 Å². The lowest BCUT2D eigenvalue weighted by Gasteiger charge is -2.46. The molecule has 0 atom stereocenters. The van der Waals surface area contributed by atoms with Crippen LogP contribution in [0.15, 0.2) is 0 Å². The van der Waals surface area contributed by atoms with E-state index in [0.29, 0.717) is 4.72 Å². The van der Waals surface area contributed by atoms with Gasteiger partial charge in [-0.1, -0.05) is 0 Å². The van der Waals surface area contributed by atoms with Gasteiger partial charge in [0, 0.05) is 0 Å². The number of rotatable bonds is 15. The van der Waals surface area contributed by atoms with Gasteiger partial charge in [0.2, 0.25) is 10.0 Å². The fourth-order valence-electron chi connectivity index (χ4n) is 2.78. The Balaban J connectivity index is 7.58. The van der Waals surface area contributed by atoms with Crippen LogP contribution < -0.4 is 4.72 Å². The molecule has 0 bridgehead atoms. The van der Waals surface area contributed by atoms with Crippen molar-refractivity contribution in [2.24, 2.45) is 0 Å². The topological polar surface area (TPSA) is 46.2 Å². The predicted octanol–water partition coefficient (Wildman–Crippen LogP) is 8.36. The lowest BCUT2D eigenvalue weighted by atomic mass is 9.83. The van der Waals surface area contributed by atoms with Crippen LogP contribution in [0.1, 0.15) is 0 Å². The largest absolute Gasteiger partial charge is 0.460 e. The molecule has 0 rings (SSSR count).